The molecule has 0 unspecified atom stereocenters. The van der Waals surface area contributed by atoms with Crippen molar-refractivity contribution in [3.8, 4) is 0 Å². The maximum atomic E-state index is 13.9. The molecule has 0 bridgehead atoms. The quantitative estimate of drug-likeness (QED) is 0.324. The Balaban J connectivity index is 1.66. The number of halogens is 2. The molecule has 1 aliphatic rings. The molecule has 3 aromatic rings. The van der Waals surface area contributed by atoms with Gasteiger partial charge in [0, 0.05) is 32.0 Å². The van der Waals surface area contributed by atoms with Gasteiger partial charge in [0.1, 0.15) is 10.9 Å². The molecule has 216 valence electrons. The first-order chi connectivity index (χ1) is 19.5. The number of sulfonamides is 1. The summed E-state index contributed by atoms with van der Waals surface area (Å²) in [6.45, 7) is 3.48. The minimum Gasteiger partial charge on any atom is -0.352 e. The predicted molar refractivity (Wildman–Crippen MR) is 158 cm³/mol. The zero-order chi connectivity index (χ0) is 29.7. The summed E-state index contributed by atoms with van der Waals surface area (Å²) in [5, 5.41) is 3.63. The molecule has 1 N–H and O–H groups in total. The van der Waals surface area contributed by atoms with Crippen molar-refractivity contribution in [3.63, 3.8) is 0 Å². The lowest BCUT2D eigenvalue weighted by Gasteiger charge is -2.33. The topological polar surface area (TPSA) is 104 Å². The van der Waals surface area contributed by atoms with Gasteiger partial charge in [0.25, 0.3) is 15.9 Å². The first-order valence-corrected chi connectivity index (χ1v) is 15.5. The van der Waals surface area contributed by atoms with Gasteiger partial charge in [-0.05, 0) is 48.7 Å². The van der Waals surface area contributed by atoms with Crippen molar-refractivity contribution in [3.05, 3.63) is 99.5 Å². The van der Waals surface area contributed by atoms with Gasteiger partial charge in [-0.15, -0.1) is 0 Å². The summed E-state index contributed by atoms with van der Waals surface area (Å²) in [5.74, 6) is -1.51. The zero-order valence-corrected chi connectivity index (χ0v) is 25.0. The summed E-state index contributed by atoms with van der Waals surface area (Å²) < 4.78 is 26.8. The monoisotopic (exact) mass is 615 g/mol. The van der Waals surface area contributed by atoms with Crippen LogP contribution in [0.3, 0.4) is 0 Å². The Kier molecular flexibility index (Phi) is 9.73. The van der Waals surface area contributed by atoms with E-state index in [1.807, 2.05) is 44.2 Å². The third kappa shape index (κ3) is 6.92. The maximum absolute atomic E-state index is 13.9. The zero-order valence-electron chi connectivity index (χ0n) is 22.7. The number of hydrogen-bond acceptors (Lipinski definition) is 5. The molecule has 1 aliphatic heterocycles. The minimum absolute atomic E-state index is 0.0159. The molecule has 0 aromatic heterocycles. The predicted octanol–water partition coefficient (Wildman–Crippen LogP) is 5.08. The molecule has 0 saturated heterocycles. The Morgan fingerprint density at radius 1 is 0.951 bits per heavy atom. The molecule has 4 rings (SSSR count). The molecule has 0 aliphatic carbocycles. The van der Waals surface area contributed by atoms with Crippen molar-refractivity contribution >= 4 is 50.9 Å². The number of nitrogens with one attached hydrogen (secondary N) is 1. The third-order valence-corrected chi connectivity index (χ3v) is 9.63. The molecular weight excluding hydrogens is 585 g/mol. The van der Waals surface area contributed by atoms with Gasteiger partial charge in [-0.3, -0.25) is 14.4 Å². The van der Waals surface area contributed by atoms with E-state index < -0.39 is 27.9 Å². The summed E-state index contributed by atoms with van der Waals surface area (Å²) in [4.78, 5) is 41.8. The standard InChI is InChI=1S/C30H31Cl2N3O5S/c1-3-20(2)33-29(37)26(18-21-9-5-4-6-10-21)34(19-22-13-14-24(31)25(32)17-22)28(36)15-16-35-30(38)23-11-7-8-12-27(23)41(35,39)40/h4-14,17,20,26H,3,15-16,18-19H2,1-2H3,(H,33,37)/t20-,26-/m0/s1. The van der Waals surface area contributed by atoms with Gasteiger partial charge in [0.15, 0.2) is 0 Å². The van der Waals surface area contributed by atoms with Gasteiger partial charge in [-0.2, -0.15) is 0 Å². The number of benzene rings is 3. The highest BCUT2D eigenvalue weighted by Crippen LogP contribution is 2.30. The lowest BCUT2D eigenvalue weighted by atomic mass is 10.0. The summed E-state index contributed by atoms with van der Waals surface area (Å²) in [6.07, 6.45) is 0.602. The van der Waals surface area contributed by atoms with E-state index in [2.05, 4.69) is 5.32 Å². The molecule has 0 saturated carbocycles. The second kappa shape index (κ2) is 13.1. The Bertz CT molecular complexity index is 1550. The van der Waals surface area contributed by atoms with Gasteiger partial charge in [-0.25, -0.2) is 12.7 Å². The van der Waals surface area contributed by atoms with Crippen LogP contribution in [0.1, 0.15) is 48.2 Å². The molecule has 8 nitrogen and oxygen atoms in total. The van der Waals surface area contributed by atoms with Crippen LogP contribution in [0.25, 0.3) is 0 Å². The molecule has 3 amide bonds. The second-order valence-corrected chi connectivity index (χ2v) is 12.6. The Hall–Kier alpha value is -3.40. The van der Waals surface area contributed by atoms with Crippen molar-refractivity contribution in [2.24, 2.45) is 0 Å². The number of carbonyl (C=O) groups is 3. The molecular formula is C30H31Cl2N3O5S. The molecule has 1 heterocycles. The van der Waals surface area contributed by atoms with Crippen LogP contribution in [-0.4, -0.2) is 54.0 Å². The fourth-order valence-electron chi connectivity index (χ4n) is 4.62. The summed E-state index contributed by atoms with van der Waals surface area (Å²) in [6, 6.07) is 19.2. The van der Waals surface area contributed by atoms with Crippen LogP contribution in [0.5, 0.6) is 0 Å². The minimum atomic E-state index is -4.09. The SMILES string of the molecule is CC[C@H](C)NC(=O)[C@H](Cc1ccccc1)N(Cc1ccc(Cl)c(Cl)c1)C(=O)CCN1C(=O)c2ccccc2S1(=O)=O. The number of fused-ring (bicyclic) bond motifs is 1. The number of carbonyl (C=O) groups excluding carboxylic acids is 3. The van der Waals surface area contributed by atoms with E-state index in [-0.39, 0.29) is 48.3 Å². The van der Waals surface area contributed by atoms with Crippen molar-refractivity contribution in [1.82, 2.24) is 14.5 Å². The fraction of sp³-hybridized carbons (Fsp3) is 0.300. The van der Waals surface area contributed by atoms with E-state index in [4.69, 9.17) is 23.2 Å². The van der Waals surface area contributed by atoms with Gasteiger partial charge >= 0.3 is 0 Å². The van der Waals surface area contributed by atoms with Crippen LogP contribution < -0.4 is 5.32 Å². The van der Waals surface area contributed by atoms with Crippen LogP contribution in [0.4, 0.5) is 0 Å². The number of rotatable bonds is 11. The first kappa shape index (κ1) is 30.6. The van der Waals surface area contributed by atoms with Crippen molar-refractivity contribution in [2.75, 3.05) is 6.54 Å². The molecule has 11 heteroatoms. The van der Waals surface area contributed by atoms with Gasteiger partial charge in [-0.1, -0.05) is 78.7 Å². The Morgan fingerprint density at radius 2 is 1.63 bits per heavy atom. The highest BCUT2D eigenvalue weighted by molar-refractivity contribution is 7.90. The average molecular weight is 617 g/mol. The average Bonchev–Trinajstić information content (AvgIpc) is 3.15. The summed E-state index contributed by atoms with van der Waals surface area (Å²) in [5.41, 5.74) is 1.55. The highest BCUT2D eigenvalue weighted by Gasteiger charge is 2.41. The Labute approximate surface area is 250 Å². The number of hydrogen-bond donors (Lipinski definition) is 1. The fourth-order valence-corrected chi connectivity index (χ4v) is 6.51. The lowest BCUT2D eigenvalue weighted by Crippen LogP contribution is -2.52. The molecule has 2 atom stereocenters. The molecule has 0 radical (unpaired) electrons. The van der Waals surface area contributed by atoms with E-state index in [0.717, 1.165) is 9.87 Å². The van der Waals surface area contributed by atoms with Crippen molar-refractivity contribution < 1.29 is 22.8 Å². The molecule has 41 heavy (non-hydrogen) atoms. The van der Waals surface area contributed by atoms with Crippen molar-refractivity contribution in [2.45, 2.75) is 56.6 Å². The Morgan fingerprint density at radius 3 is 2.29 bits per heavy atom. The second-order valence-electron chi connectivity index (χ2n) is 9.92. The maximum Gasteiger partial charge on any atom is 0.269 e. The van der Waals surface area contributed by atoms with Gasteiger partial charge < -0.3 is 10.2 Å². The van der Waals surface area contributed by atoms with E-state index >= 15 is 0 Å². The van der Waals surface area contributed by atoms with Crippen LogP contribution in [0.2, 0.25) is 10.0 Å². The van der Waals surface area contributed by atoms with Crippen molar-refractivity contribution in [1.29, 1.82) is 0 Å². The van der Waals surface area contributed by atoms with Crippen LogP contribution in [-0.2, 0) is 32.6 Å². The largest absolute Gasteiger partial charge is 0.352 e. The molecule has 3 aromatic carbocycles. The van der Waals surface area contributed by atoms with Gasteiger partial charge in [0.05, 0.1) is 15.6 Å². The van der Waals surface area contributed by atoms with E-state index in [0.29, 0.717) is 22.0 Å². The lowest BCUT2D eigenvalue weighted by molar-refractivity contribution is -0.141. The highest BCUT2D eigenvalue weighted by atomic mass is 35.5. The van der Waals surface area contributed by atoms with Crippen LogP contribution in [0, 0.1) is 0 Å². The number of amides is 3. The van der Waals surface area contributed by atoms with E-state index in [1.54, 1.807) is 30.3 Å². The summed E-state index contributed by atoms with van der Waals surface area (Å²) in [7, 11) is -4.09. The molecule has 0 spiro atoms. The van der Waals surface area contributed by atoms with E-state index in [9.17, 15) is 22.8 Å². The third-order valence-electron chi connectivity index (χ3n) is 7.05. The summed E-state index contributed by atoms with van der Waals surface area (Å²) >= 11 is 12.4. The smallest absolute Gasteiger partial charge is 0.269 e. The normalized spacial score (nSPS) is 15.2. The number of nitrogens with zero attached hydrogens (tertiary/aromatic N) is 2. The van der Waals surface area contributed by atoms with Crippen LogP contribution in [0.15, 0.2) is 77.7 Å². The van der Waals surface area contributed by atoms with Crippen LogP contribution >= 0.6 is 23.2 Å². The van der Waals surface area contributed by atoms with E-state index in [1.165, 1.54) is 17.0 Å². The molecule has 0 fully saturated rings. The first-order valence-electron chi connectivity index (χ1n) is 13.3. The van der Waals surface area contributed by atoms with Gasteiger partial charge in [0.2, 0.25) is 11.8 Å².